The first-order valence-corrected chi connectivity index (χ1v) is 11.0. The number of thiazole rings is 1. The van der Waals surface area contributed by atoms with E-state index >= 15 is 0 Å². The quantitative estimate of drug-likeness (QED) is 0.586. The molecule has 1 saturated heterocycles. The Kier molecular flexibility index (Phi) is 6.21. The molecule has 0 bridgehead atoms. The fourth-order valence-electron chi connectivity index (χ4n) is 3.23. The number of carbonyl (C=O) groups is 1. The van der Waals surface area contributed by atoms with Crippen LogP contribution in [0.5, 0.6) is 5.75 Å². The minimum Gasteiger partial charge on any atom is -0.497 e. The molecule has 0 spiro atoms. The standard InChI is InChI=1S/C20H23N3O3S2/c1-25-15-5-6-17-16(14-15)21-20(28-17)23(19(24)18-4-2-13-27-18)8-3-7-22-9-11-26-12-10-22/h2,4-6,13-14H,3,7-12H2,1H3. The number of nitrogens with zero attached hydrogens (tertiary/aromatic N) is 3. The van der Waals surface area contributed by atoms with Crippen molar-refractivity contribution in [3.8, 4) is 5.75 Å². The van der Waals surface area contributed by atoms with Crippen molar-refractivity contribution in [2.24, 2.45) is 0 Å². The third-order valence-electron chi connectivity index (χ3n) is 4.75. The SMILES string of the molecule is COc1ccc2sc(N(CCCN3CCOCC3)C(=O)c3cccs3)nc2c1. The van der Waals surface area contributed by atoms with E-state index in [0.29, 0.717) is 6.54 Å². The molecule has 1 amide bonds. The van der Waals surface area contributed by atoms with Crippen molar-refractivity contribution in [2.45, 2.75) is 6.42 Å². The van der Waals surface area contributed by atoms with E-state index < -0.39 is 0 Å². The number of hydrogen-bond acceptors (Lipinski definition) is 7. The predicted octanol–water partition coefficient (Wildman–Crippen LogP) is 3.74. The van der Waals surface area contributed by atoms with Crippen molar-refractivity contribution in [2.75, 3.05) is 51.4 Å². The number of carbonyl (C=O) groups excluding carboxylic acids is 1. The lowest BCUT2D eigenvalue weighted by molar-refractivity contribution is 0.0376. The Bertz CT molecular complexity index is 920. The number of amides is 1. The largest absolute Gasteiger partial charge is 0.497 e. The first kappa shape index (κ1) is 19.3. The van der Waals surface area contributed by atoms with E-state index in [-0.39, 0.29) is 5.91 Å². The van der Waals surface area contributed by atoms with Crippen LogP contribution >= 0.6 is 22.7 Å². The second-order valence-electron chi connectivity index (χ2n) is 6.57. The molecule has 1 aromatic carbocycles. The molecule has 28 heavy (non-hydrogen) atoms. The van der Waals surface area contributed by atoms with Crippen LogP contribution in [0.4, 0.5) is 5.13 Å². The summed E-state index contributed by atoms with van der Waals surface area (Å²) in [6.45, 7) is 5.09. The predicted molar refractivity (Wildman–Crippen MR) is 114 cm³/mol. The zero-order chi connectivity index (χ0) is 19.3. The Balaban J connectivity index is 1.54. The number of morpholine rings is 1. The highest BCUT2D eigenvalue weighted by Crippen LogP contribution is 2.32. The van der Waals surface area contributed by atoms with Gasteiger partial charge in [0.2, 0.25) is 0 Å². The van der Waals surface area contributed by atoms with Gasteiger partial charge in [-0.05, 0) is 30.0 Å². The van der Waals surface area contributed by atoms with Gasteiger partial charge < -0.3 is 9.47 Å². The number of hydrogen-bond donors (Lipinski definition) is 0. The van der Waals surface area contributed by atoms with Crippen LogP contribution in [-0.4, -0.2) is 62.3 Å². The van der Waals surface area contributed by atoms with E-state index in [9.17, 15) is 4.79 Å². The number of ether oxygens (including phenoxy) is 2. The molecule has 8 heteroatoms. The van der Waals surface area contributed by atoms with Gasteiger partial charge in [0, 0.05) is 32.2 Å². The molecule has 0 atom stereocenters. The van der Waals surface area contributed by atoms with E-state index in [4.69, 9.17) is 14.5 Å². The number of rotatable bonds is 7. The minimum absolute atomic E-state index is 0.0167. The third-order valence-corrected chi connectivity index (χ3v) is 6.67. The fourth-order valence-corrected chi connectivity index (χ4v) is 4.87. The number of fused-ring (bicyclic) bond motifs is 1. The highest BCUT2D eigenvalue weighted by atomic mass is 32.1. The Hall–Kier alpha value is -2.00. The van der Waals surface area contributed by atoms with Gasteiger partial charge in [-0.1, -0.05) is 17.4 Å². The molecule has 148 valence electrons. The van der Waals surface area contributed by atoms with Crippen molar-refractivity contribution in [1.82, 2.24) is 9.88 Å². The summed E-state index contributed by atoms with van der Waals surface area (Å²) in [4.78, 5) is 22.8. The van der Waals surface area contributed by atoms with Gasteiger partial charge in [-0.3, -0.25) is 14.6 Å². The minimum atomic E-state index is 0.0167. The second-order valence-corrected chi connectivity index (χ2v) is 8.53. The van der Waals surface area contributed by atoms with Gasteiger partial charge in [0.1, 0.15) is 5.75 Å². The molecule has 1 aliphatic heterocycles. The molecule has 1 fully saturated rings. The molecule has 0 radical (unpaired) electrons. The summed E-state index contributed by atoms with van der Waals surface area (Å²) in [5, 5.41) is 2.67. The van der Waals surface area contributed by atoms with Crippen LogP contribution in [0.2, 0.25) is 0 Å². The van der Waals surface area contributed by atoms with E-state index in [1.807, 2.05) is 40.6 Å². The molecule has 0 aliphatic carbocycles. The second kappa shape index (κ2) is 9.00. The number of methoxy groups -OCH3 is 1. The molecule has 0 unspecified atom stereocenters. The van der Waals surface area contributed by atoms with Crippen molar-refractivity contribution in [3.05, 3.63) is 40.6 Å². The molecular formula is C20H23N3O3S2. The summed E-state index contributed by atoms with van der Waals surface area (Å²) in [7, 11) is 1.65. The third kappa shape index (κ3) is 4.35. The lowest BCUT2D eigenvalue weighted by Gasteiger charge is -2.27. The summed E-state index contributed by atoms with van der Waals surface area (Å²) >= 11 is 3.01. The normalized spacial score (nSPS) is 15.0. The van der Waals surface area contributed by atoms with Crippen LogP contribution in [-0.2, 0) is 4.74 Å². The van der Waals surface area contributed by atoms with Gasteiger partial charge in [-0.2, -0.15) is 0 Å². The Labute approximate surface area is 172 Å². The molecule has 4 rings (SSSR count). The van der Waals surface area contributed by atoms with Crippen molar-refractivity contribution in [3.63, 3.8) is 0 Å². The number of anilines is 1. The molecule has 3 aromatic rings. The van der Waals surface area contributed by atoms with Crippen molar-refractivity contribution >= 4 is 43.9 Å². The molecule has 0 N–H and O–H groups in total. The number of aromatic nitrogens is 1. The molecule has 2 aromatic heterocycles. The first-order chi connectivity index (χ1) is 13.7. The van der Waals surface area contributed by atoms with Gasteiger partial charge in [-0.15, -0.1) is 11.3 Å². The maximum Gasteiger partial charge on any atom is 0.270 e. The van der Waals surface area contributed by atoms with Gasteiger partial charge >= 0.3 is 0 Å². The molecular weight excluding hydrogens is 394 g/mol. The van der Waals surface area contributed by atoms with Crippen molar-refractivity contribution < 1.29 is 14.3 Å². The molecule has 6 nitrogen and oxygen atoms in total. The van der Waals surface area contributed by atoms with Gasteiger partial charge in [-0.25, -0.2) is 4.98 Å². The van der Waals surface area contributed by atoms with Gasteiger partial charge in [0.25, 0.3) is 5.91 Å². The Morgan fingerprint density at radius 3 is 2.93 bits per heavy atom. The lowest BCUT2D eigenvalue weighted by Crippen LogP contribution is -2.39. The zero-order valence-corrected chi connectivity index (χ0v) is 17.4. The Morgan fingerprint density at radius 1 is 1.32 bits per heavy atom. The van der Waals surface area contributed by atoms with Crippen LogP contribution in [0.3, 0.4) is 0 Å². The van der Waals surface area contributed by atoms with E-state index in [2.05, 4.69) is 4.90 Å². The maximum atomic E-state index is 13.1. The van der Waals surface area contributed by atoms with Gasteiger partial charge in [0.05, 0.1) is 35.4 Å². The average Bonchev–Trinajstić information content (AvgIpc) is 3.40. The molecule has 1 aliphatic rings. The zero-order valence-electron chi connectivity index (χ0n) is 15.8. The summed E-state index contributed by atoms with van der Waals surface area (Å²) in [6, 6.07) is 9.62. The highest BCUT2D eigenvalue weighted by Gasteiger charge is 2.22. The Morgan fingerprint density at radius 2 is 2.18 bits per heavy atom. The monoisotopic (exact) mass is 417 g/mol. The van der Waals surface area contributed by atoms with E-state index in [1.54, 1.807) is 18.4 Å². The molecule has 3 heterocycles. The van der Waals surface area contributed by atoms with Crippen LogP contribution in [0.1, 0.15) is 16.1 Å². The van der Waals surface area contributed by atoms with Crippen LogP contribution < -0.4 is 9.64 Å². The van der Waals surface area contributed by atoms with Crippen LogP contribution in [0, 0.1) is 0 Å². The first-order valence-electron chi connectivity index (χ1n) is 9.34. The maximum absolute atomic E-state index is 13.1. The number of thiophene rings is 1. The van der Waals surface area contributed by atoms with Crippen LogP contribution in [0.15, 0.2) is 35.7 Å². The summed E-state index contributed by atoms with van der Waals surface area (Å²) in [5.74, 6) is 0.788. The lowest BCUT2D eigenvalue weighted by atomic mass is 10.3. The number of benzene rings is 1. The molecule has 0 saturated carbocycles. The van der Waals surface area contributed by atoms with E-state index in [1.165, 1.54) is 11.3 Å². The summed E-state index contributed by atoms with van der Waals surface area (Å²) in [5.41, 5.74) is 0.858. The van der Waals surface area contributed by atoms with Crippen LogP contribution in [0.25, 0.3) is 10.2 Å². The summed E-state index contributed by atoms with van der Waals surface area (Å²) in [6.07, 6.45) is 0.899. The topological polar surface area (TPSA) is 54.9 Å². The van der Waals surface area contributed by atoms with E-state index in [0.717, 1.165) is 65.2 Å². The fraction of sp³-hybridized carbons (Fsp3) is 0.400. The summed E-state index contributed by atoms with van der Waals surface area (Å²) < 4.78 is 11.8. The average molecular weight is 418 g/mol. The highest BCUT2D eigenvalue weighted by molar-refractivity contribution is 7.22. The smallest absolute Gasteiger partial charge is 0.270 e. The van der Waals surface area contributed by atoms with Gasteiger partial charge in [0.15, 0.2) is 5.13 Å². The van der Waals surface area contributed by atoms with Crippen molar-refractivity contribution in [1.29, 1.82) is 0 Å².